The molecule has 5 nitrogen and oxygen atoms in total. The van der Waals surface area contributed by atoms with Gasteiger partial charge in [-0.05, 0) is 38.3 Å². The fourth-order valence-corrected chi connectivity index (χ4v) is 4.18. The van der Waals surface area contributed by atoms with Gasteiger partial charge >= 0.3 is 0 Å². The van der Waals surface area contributed by atoms with Gasteiger partial charge in [-0.3, -0.25) is 14.5 Å². The van der Waals surface area contributed by atoms with E-state index in [0.717, 1.165) is 16.8 Å². The highest BCUT2D eigenvalue weighted by Crippen LogP contribution is 2.64. The van der Waals surface area contributed by atoms with Crippen LogP contribution in [0.4, 0.5) is 5.69 Å². The van der Waals surface area contributed by atoms with Gasteiger partial charge in [-0.15, -0.1) is 23.2 Å². The minimum atomic E-state index is -0.938. The molecule has 1 saturated carbocycles. The predicted molar refractivity (Wildman–Crippen MR) is 105 cm³/mol. The van der Waals surface area contributed by atoms with Gasteiger partial charge in [-0.25, -0.2) is 0 Å². The van der Waals surface area contributed by atoms with Crippen molar-refractivity contribution in [1.82, 2.24) is 9.80 Å². The third kappa shape index (κ3) is 3.71. The summed E-state index contributed by atoms with van der Waals surface area (Å²) in [6, 6.07) is 5.95. The molecule has 1 N–H and O–H groups in total. The van der Waals surface area contributed by atoms with Crippen molar-refractivity contribution in [1.29, 1.82) is 0 Å². The second-order valence-corrected chi connectivity index (χ2v) is 9.08. The monoisotopic (exact) mass is 397 g/mol. The van der Waals surface area contributed by atoms with Crippen LogP contribution in [0.3, 0.4) is 0 Å². The number of carbonyl (C=O) groups excluding carboxylic acids is 2. The van der Waals surface area contributed by atoms with Gasteiger partial charge in [0.15, 0.2) is 0 Å². The number of nitrogens with one attached hydrogen (secondary N) is 1. The maximum absolute atomic E-state index is 12.6. The number of halogens is 2. The van der Waals surface area contributed by atoms with E-state index in [1.165, 1.54) is 0 Å². The van der Waals surface area contributed by atoms with Gasteiger partial charge < -0.3 is 10.2 Å². The summed E-state index contributed by atoms with van der Waals surface area (Å²) in [5.41, 5.74) is 2.32. The minimum Gasteiger partial charge on any atom is -0.340 e. The van der Waals surface area contributed by atoms with Crippen LogP contribution in [-0.4, -0.2) is 58.7 Å². The Kier molecular flexibility index (Phi) is 5.26. The molecule has 1 aliphatic heterocycles. The van der Waals surface area contributed by atoms with Crippen molar-refractivity contribution in [3.63, 3.8) is 0 Å². The topological polar surface area (TPSA) is 52.7 Å². The van der Waals surface area contributed by atoms with E-state index in [1.807, 2.05) is 43.9 Å². The molecule has 142 valence electrons. The lowest BCUT2D eigenvalue weighted by atomic mass is 10.1. The van der Waals surface area contributed by atoms with Crippen molar-refractivity contribution >= 4 is 40.7 Å². The van der Waals surface area contributed by atoms with Crippen molar-refractivity contribution in [2.24, 2.45) is 5.41 Å². The number of benzene rings is 1. The Hall–Kier alpha value is -1.30. The van der Waals surface area contributed by atoms with Crippen molar-refractivity contribution in [3.8, 4) is 0 Å². The Labute approximate surface area is 164 Å². The van der Waals surface area contributed by atoms with Crippen molar-refractivity contribution in [2.75, 3.05) is 38.0 Å². The molecule has 1 heterocycles. The van der Waals surface area contributed by atoms with Gasteiger partial charge in [0.05, 0.1) is 12.0 Å². The van der Waals surface area contributed by atoms with Gasteiger partial charge in [-0.2, -0.15) is 0 Å². The summed E-state index contributed by atoms with van der Waals surface area (Å²) in [5.74, 6) is -0.0148. The summed E-state index contributed by atoms with van der Waals surface area (Å²) in [7, 11) is 0. The summed E-state index contributed by atoms with van der Waals surface area (Å²) < 4.78 is -0.938. The first-order valence-electron chi connectivity index (χ1n) is 8.90. The Bertz CT molecular complexity index is 709. The first kappa shape index (κ1) is 19.5. The smallest absolute Gasteiger partial charge is 0.238 e. The molecule has 0 radical (unpaired) electrons. The molecule has 1 atom stereocenters. The quantitative estimate of drug-likeness (QED) is 0.794. The molecule has 2 amide bonds. The fraction of sp³-hybridized carbons (Fsp3) is 0.579. The van der Waals surface area contributed by atoms with Gasteiger partial charge in [0.1, 0.15) is 4.33 Å². The number of anilines is 1. The number of nitrogens with zero attached hydrogens (tertiary/aromatic N) is 2. The van der Waals surface area contributed by atoms with Gasteiger partial charge in [-0.1, -0.05) is 18.2 Å². The first-order chi connectivity index (χ1) is 12.1. The summed E-state index contributed by atoms with van der Waals surface area (Å²) in [6.45, 7) is 8.63. The second-order valence-electron chi connectivity index (χ2n) is 7.60. The molecule has 2 aliphatic rings. The largest absolute Gasteiger partial charge is 0.340 e. The third-order valence-corrected chi connectivity index (χ3v) is 6.60. The van der Waals surface area contributed by atoms with Crippen LogP contribution < -0.4 is 5.32 Å². The van der Waals surface area contributed by atoms with E-state index in [1.54, 1.807) is 0 Å². The highest BCUT2D eigenvalue weighted by atomic mass is 35.5. The Morgan fingerprint density at radius 2 is 1.65 bits per heavy atom. The van der Waals surface area contributed by atoms with Crippen molar-refractivity contribution < 1.29 is 9.59 Å². The number of hydrogen-bond donors (Lipinski definition) is 1. The zero-order chi connectivity index (χ0) is 19.1. The number of para-hydroxylation sites is 1. The van der Waals surface area contributed by atoms with Crippen LogP contribution in [-0.2, 0) is 9.59 Å². The highest BCUT2D eigenvalue weighted by Gasteiger charge is 2.68. The molecule has 1 aromatic carbocycles. The fourth-order valence-electron chi connectivity index (χ4n) is 3.48. The molecule has 1 aliphatic carbocycles. The van der Waals surface area contributed by atoms with E-state index in [4.69, 9.17) is 23.2 Å². The standard InChI is InChI=1S/C19H25Cl2N3O2/c1-13-5-4-6-14(2)16(13)22-15(25)11-23-7-9-24(10-8-23)17(26)18(3)12-19(18,20)21/h4-6H,7-12H2,1-3H3,(H,22,25). The summed E-state index contributed by atoms with van der Waals surface area (Å²) in [6.07, 6.45) is 0.500. The average Bonchev–Trinajstić information content (AvgIpc) is 3.10. The SMILES string of the molecule is Cc1cccc(C)c1NC(=O)CN1CCN(C(=O)C2(C)CC2(Cl)Cl)CC1. The number of rotatable bonds is 4. The minimum absolute atomic E-state index is 0.0159. The van der Waals surface area contributed by atoms with Crippen LogP contribution in [0.25, 0.3) is 0 Å². The lowest BCUT2D eigenvalue weighted by Crippen LogP contribution is -2.52. The zero-order valence-corrected chi connectivity index (χ0v) is 17.0. The molecular weight excluding hydrogens is 373 g/mol. The van der Waals surface area contributed by atoms with E-state index in [2.05, 4.69) is 10.2 Å². The Morgan fingerprint density at radius 1 is 1.12 bits per heavy atom. The van der Waals surface area contributed by atoms with Crippen LogP contribution >= 0.6 is 23.2 Å². The van der Waals surface area contributed by atoms with E-state index in [0.29, 0.717) is 39.1 Å². The third-order valence-electron chi connectivity index (χ3n) is 5.50. The normalized spacial score (nSPS) is 25.0. The van der Waals surface area contributed by atoms with E-state index >= 15 is 0 Å². The lowest BCUT2D eigenvalue weighted by Gasteiger charge is -2.36. The lowest BCUT2D eigenvalue weighted by molar-refractivity contribution is -0.138. The van der Waals surface area contributed by atoms with Gasteiger partial charge in [0, 0.05) is 31.9 Å². The molecule has 26 heavy (non-hydrogen) atoms. The molecule has 2 fully saturated rings. The van der Waals surface area contributed by atoms with Crippen LogP contribution in [0.15, 0.2) is 18.2 Å². The Morgan fingerprint density at radius 3 is 2.15 bits per heavy atom. The van der Waals surface area contributed by atoms with Crippen molar-refractivity contribution in [3.05, 3.63) is 29.3 Å². The molecular formula is C19H25Cl2N3O2. The average molecular weight is 398 g/mol. The van der Waals surface area contributed by atoms with Gasteiger partial charge in [0.2, 0.25) is 11.8 Å². The van der Waals surface area contributed by atoms with Gasteiger partial charge in [0.25, 0.3) is 0 Å². The number of alkyl halides is 2. The van der Waals surface area contributed by atoms with Crippen molar-refractivity contribution in [2.45, 2.75) is 31.5 Å². The number of amides is 2. The molecule has 1 saturated heterocycles. The summed E-state index contributed by atoms with van der Waals surface area (Å²) in [5, 5.41) is 3.01. The summed E-state index contributed by atoms with van der Waals surface area (Å²) >= 11 is 12.2. The number of piperazine rings is 1. The van der Waals surface area contributed by atoms with Crippen LogP contribution in [0.2, 0.25) is 0 Å². The van der Waals surface area contributed by atoms with Crippen LogP contribution in [0, 0.1) is 19.3 Å². The molecule has 1 aromatic rings. The number of aryl methyl sites for hydroxylation is 2. The highest BCUT2D eigenvalue weighted by molar-refractivity contribution is 6.53. The maximum Gasteiger partial charge on any atom is 0.238 e. The van der Waals surface area contributed by atoms with E-state index in [9.17, 15) is 9.59 Å². The number of hydrogen-bond acceptors (Lipinski definition) is 3. The molecule has 1 unspecified atom stereocenters. The second kappa shape index (κ2) is 7.02. The van der Waals surface area contributed by atoms with Crippen LogP contribution in [0.1, 0.15) is 24.5 Å². The molecule has 7 heteroatoms. The predicted octanol–water partition coefficient (Wildman–Crippen LogP) is 2.97. The number of carbonyl (C=O) groups is 2. The van der Waals surface area contributed by atoms with E-state index < -0.39 is 9.75 Å². The molecule has 0 spiro atoms. The molecule has 0 aromatic heterocycles. The Balaban J connectivity index is 1.50. The first-order valence-corrected chi connectivity index (χ1v) is 9.65. The zero-order valence-electron chi connectivity index (χ0n) is 15.4. The molecule has 0 bridgehead atoms. The van der Waals surface area contributed by atoms with Crippen LogP contribution in [0.5, 0.6) is 0 Å². The maximum atomic E-state index is 12.6. The molecule has 3 rings (SSSR count). The summed E-state index contributed by atoms with van der Waals surface area (Å²) in [4.78, 5) is 28.9. The van der Waals surface area contributed by atoms with E-state index in [-0.39, 0.29) is 11.8 Å².